The molecule has 1 heterocycles. The molecule has 0 atom stereocenters. The van der Waals surface area contributed by atoms with Crippen molar-refractivity contribution in [3.63, 3.8) is 0 Å². The van der Waals surface area contributed by atoms with Crippen molar-refractivity contribution in [1.29, 1.82) is 0 Å². The minimum Gasteiger partial charge on any atom is -0.462 e. The van der Waals surface area contributed by atoms with E-state index >= 15 is 0 Å². The first-order chi connectivity index (χ1) is 14.6. The number of anilines is 1. The van der Waals surface area contributed by atoms with Crippen LogP contribution in [-0.4, -0.2) is 18.5 Å². The molecule has 7 heteroatoms. The largest absolute Gasteiger partial charge is 0.462 e. The van der Waals surface area contributed by atoms with Gasteiger partial charge in [-0.2, -0.15) is 0 Å². The Balaban J connectivity index is 2.02. The molecule has 0 unspecified atom stereocenters. The van der Waals surface area contributed by atoms with Crippen molar-refractivity contribution in [1.82, 2.24) is 0 Å². The lowest BCUT2D eigenvalue weighted by atomic mass is 9.86. The molecule has 3 rings (SSSR count). The molecular formula is C24H23F2NO3S. The minimum absolute atomic E-state index is 0.0277. The number of esters is 1. The van der Waals surface area contributed by atoms with Crippen LogP contribution in [0.3, 0.4) is 0 Å². The quantitative estimate of drug-likeness (QED) is 0.463. The number of ether oxygens (including phenoxy) is 1. The molecule has 0 bridgehead atoms. The average molecular weight is 444 g/mol. The van der Waals surface area contributed by atoms with E-state index in [-0.39, 0.29) is 22.6 Å². The van der Waals surface area contributed by atoms with Crippen LogP contribution in [0.25, 0.3) is 11.1 Å². The van der Waals surface area contributed by atoms with Crippen LogP contribution in [0.1, 0.15) is 54.0 Å². The molecule has 1 aromatic heterocycles. The van der Waals surface area contributed by atoms with E-state index < -0.39 is 29.1 Å². The van der Waals surface area contributed by atoms with Crippen LogP contribution >= 0.6 is 11.3 Å². The smallest absolute Gasteiger partial charge is 0.341 e. The van der Waals surface area contributed by atoms with Gasteiger partial charge in [-0.3, -0.25) is 4.79 Å². The summed E-state index contributed by atoms with van der Waals surface area (Å²) >= 11 is 1.09. The molecule has 0 fully saturated rings. The second-order valence-corrected chi connectivity index (χ2v) is 8.83. The molecule has 0 aliphatic carbocycles. The molecule has 1 amide bonds. The number of carbonyl (C=O) groups excluding carboxylic acids is 2. The Bertz CT molecular complexity index is 1090. The van der Waals surface area contributed by atoms with Gasteiger partial charge in [0, 0.05) is 10.9 Å². The predicted octanol–water partition coefficient (Wildman–Crippen LogP) is 6.42. The van der Waals surface area contributed by atoms with E-state index in [2.05, 4.69) is 26.1 Å². The van der Waals surface area contributed by atoms with E-state index in [0.29, 0.717) is 5.56 Å². The Morgan fingerprint density at radius 3 is 2.16 bits per heavy atom. The van der Waals surface area contributed by atoms with E-state index in [0.717, 1.165) is 34.6 Å². The van der Waals surface area contributed by atoms with E-state index in [4.69, 9.17) is 4.74 Å². The Labute approximate surface area is 183 Å². The van der Waals surface area contributed by atoms with Gasteiger partial charge in [0.25, 0.3) is 5.91 Å². The van der Waals surface area contributed by atoms with Gasteiger partial charge < -0.3 is 10.1 Å². The highest BCUT2D eigenvalue weighted by atomic mass is 32.1. The van der Waals surface area contributed by atoms with Crippen LogP contribution in [-0.2, 0) is 10.2 Å². The van der Waals surface area contributed by atoms with Gasteiger partial charge in [0.1, 0.15) is 27.8 Å². The number of hydrogen-bond acceptors (Lipinski definition) is 4. The van der Waals surface area contributed by atoms with Gasteiger partial charge in [-0.05, 0) is 35.6 Å². The van der Waals surface area contributed by atoms with Crippen LogP contribution in [0.2, 0.25) is 0 Å². The zero-order valence-electron chi connectivity index (χ0n) is 17.7. The summed E-state index contributed by atoms with van der Waals surface area (Å²) in [6.45, 7) is 8.13. The molecule has 31 heavy (non-hydrogen) atoms. The zero-order chi connectivity index (χ0) is 22.8. The molecule has 0 saturated heterocycles. The number of benzene rings is 2. The second kappa shape index (κ2) is 8.98. The molecule has 3 aromatic rings. The van der Waals surface area contributed by atoms with Crippen molar-refractivity contribution < 1.29 is 23.1 Å². The van der Waals surface area contributed by atoms with Gasteiger partial charge in [-0.1, -0.05) is 51.1 Å². The maximum atomic E-state index is 14.0. The summed E-state index contributed by atoms with van der Waals surface area (Å²) in [5, 5.41) is 4.35. The molecule has 1 N–H and O–H groups in total. The number of rotatable bonds is 5. The van der Waals surface area contributed by atoms with Crippen molar-refractivity contribution in [2.75, 3.05) is 11.9 Å². The molecule has 0 radical (unpaired) electrons. The standard InChI is InChI=1S/C24H23F2NO3S/c1-5-30-23(29)19-16(14-9-11-15(12-10-14)24(2,3)4)13-31-22(19)27-21(28)20-17(25)7-6-8-18(20)26/h6-13H,5H2,1-4H3,(H,27,28). The summed E-state index contributed by atoms with van der Waals surface area (Å²) in [4.78, 5) is 25.2. The highest BCUT2D eigenvalue weighted by molar-refractivity contribution is 7.15. The summed E-state index contributed by atoms with van der Waals surface area (Å²) in [5.74, 6) is -3.56. The predicted molar refractivity (Wildman–Crippen MR) is 119 cm³/mol. The minimum atomic E-state index is -0.982. The number of hydrogen-bond donors (Lipinski definition) is 1. The number of amides is 1. The fourth-order valence-corrected chi connectivity index (χ4v) is 4.05. The maximum absolute atomic E-state index is 14.0. The summed E-state index contributed by atoms with van der Waals surface area (Å²) in [7, 11) is 0. The highest BCUT2D eigenvalue weighted by Crippen LogP contribution is 2.37. The van der Waals surface area contributed by atoms with Crippen LogP contribution in [0, 0.1) is 11.6 Å². The van der Waals surface area contributed by atoms with Crippen molar-refractivity contribution in [3.05, 3.63) is 76.2 Å². The third-order valence-electron chi connectivity index (χ3n) is 4.75. The van der Waals surface area contributed by atoms with Crippen LogP contribution in [0.5, 0.6) is 0 Å². The fraction of sp³-hybridized carbons (Fsp3) is 0.250. The first-order valence-electron chi connectivity index (χ1n) is 9.78. The molecule has 4 nitrogen and oxygen atoms in total. The van der Waals surface area contributed by atoms with Crippen LogP contribution < -0.4 is 5.32 Å². The Kier molecular flexibility index (Phi) is 6.55. The third kappa shape index (κ3) is 4.82. The zero-order valence-corrected chi connectivity index (χ0v) is 18.5. The second-order valence-electron chi connectivity index (χ2n) is 7.95. The van der Waals surface area contributed by atoms with E-state index in [9.17, 15) is 18.4 Å². The van der Waals surface area contributed by atoms with Gasteiger partial charge >= 0.3 is 5.97 Å². The molecule has 0 saturated carbocycles. The van der Waals surface area contributed by atoms with Gasteiger partial charge in [-0.25, -0.2) is 13.6 Å². The lowest BCUT2D eigenvalue weighted by molar-refractivity contribution is 0.0529. The monoisotopic (exact) mass is 443 g/mol. The summed E-state index contributed by atoms with van der Waals surface area (Å²) in [5.41, 5.74) is 1.90. The Morgan fingerprint density at radius 1 is 1.00 bits per heavy atom. The SMILES string of the molecule is CCOC(=O)c1c(-c2ccc(C(C)(C)C)cc2)csc1NC(=O)c1c(F)cccc1F. The number of halogens is 2. The van der Waals surface area contributed by atoms with Gasteiger partial charge in [0.05, 0.1) is 6.61 Å². The van der Waals surface area contributed by atoms with Crippen molar-refractivity contribution in [2.24, 2.45) is 0 Å². The summed E-state index contributed by atoms with van der Waals surface area (Å²) in [6.07, 6.45) is 0. The van der Waals surface area contributed by atoms with Crippen molar-refractivity contribution in [3.8, 4) is 11.1 Å². The number of nitrogens with one attached hydrogen (secondary N) is 1. The van der Waals surface area contributed by atoms with Crippen LogP contribution in [0.4, 0.5) is 13.8 Å². The summed E-state index contributed by atoms with van der Waals surface area (Å²) < 4.78 is 33.2. The van der Waals surface area contributed by atoms with Crippen molar-refractivity contribution >= 4 is 28.2 Å². The maximum Gasteiger partial charge on any atom is 0.341 e. The van der Waals surface area contributed by atoms with Crippen LogP contribution in [0.15, 0.2) is 47.8 Å². The molecule has 0 aliphatic rings. The van der Waals surface area contributed by atoms with Crippen molar-refractivity contribution in [2.45, 2.75) is 33.1 Å². The number of carbonyl (C=O) groups is 2. The summed E-state index contributed by atoms with van der Waals surface area (Å²) in [6, 6.07) is 10.9. The molecule has 2 aromatic carbocycles. The highest BCUT2D eigenvalue weighted by Gasteiger charge is 2.25. The molecule has 0 aliphatic heterocycles. The van der Waals surface area contributed by atoms with E-state index in [1.807, 2.05) is 24.3 Å². The normalized spacial score (nSPS) is 11.3. The molecule has 0 spiro atoms. The average Bonchev–Trinajstić information content (AvgIpc) is 3.11. The van der Waals surface area contributed by atoms with Gasteiger partial charge in [0.2, 0.25) is 0 Å². The van der Waals surface area contributed by atoms with E-state index in [1.54, 1.807) is 12.3 Å². The number of thiophene rings is 1. The fourth-order valence-electron chi connectivity index (χ4n) is 3.10. The Morgan fingerprint density at radius 2 is 1.61 bits per heavy atom. The van der Waals surface area contributed by atoms with Gasteiger partial charge in [0.15, 0.2) is 0 Å². The lowest BCUT2D eigenvalue weighted by Gasteiger charge is -2.19. The first-order valence-corrected chi connectivity index (χ1v) is 10.7. The van der Waals surface area contributed by atoms with E-state index in [1.165, 1.54) is 6.07 Å². The molecule has 162 valence electrons. The van der Waals surface area contributed by atoms with Gasteiger partial charge in [-0.15, -0.1) is 11.3 Å². The Hall–Kier alpha value is -3.06. The third-order valence-corrected chi connectivity index (χ3v) is 5.64. The molecular weight excluding hydrogens is 420 g/mol. The first kappa shape index (κ1) is 22.6. The lowest BCUT2D eigenvalue weighted by Crippen LogP contribution is -2.17. The topological polar surface area (TPSA) is 55.4 Å².